The fourth-order valence-electron chi connectivity index (χ4n) is 1.19. The second-order valence-electron chi connectivity index (χ2n) is 3.97. The second kappa shape index (κ2) is 5.27. The summed E-state index contributed by atoms with van der Waals surface area (Å²) in [4.78, 5) is 15.7. The molecule has 6 heteroatoms. The minimum atomic E-state index is -0.557. The Kier molecular flexibility index (Phi) is 4.26. The van der Waals surface area contributed by atoms with Gasteiger partial charge in [0.15, 0.2) is 5.13 Å². The zero-order valence-corrected chi connectivity index (χ0v) is 10.3. The van der Waals surface area contributed by atoms with Gasteiger partial charge < -0.3 is 16.2 Å². The van der Waals surface area contributed by atoms with Crippen molar-refractivity contribution in [2.75, 3.05) is 12.3 Å². The second-order valence-corrected chi connectivity index (χ2v) is 4.86. The molecule has 4 N–H and O–H groups in total. The highest BCUT2D eigenvalue weighted by Crippen LogP contribution is 2.12. The van der Waals surface area contributed by atoms with Crippen LogP contribution in [0.4, 0.5) is 5.13 Å². The number of hydrogen-bond acceptors (Lipinski definition) is 5. The van der Waals surface area contributed by atoms with Crippen LogP contribution in [0.25, 0.3) is 0 Å². The molecule has 5 nitrogen and oxygen atoms in total. The number of rotatable bonds is 5. The van der Waals surface area contributed by atoms with Crippen LogP contribution in [0.3, 0.4) is 0 Å². The Labute approximate surface area is 98.7 Å². The van der Waals surface area contributed by atoms with Crippen molar-refractivity contribution in [2.45, 2.75) is 32.2 Å². The Morgan fingerprint density at radius 2 is 2.44 bits per heavy atom. The number of carbonyl (C=O) groups is 1. The van der Waals surface area contributed by atoms with Crippen LogP contribution in [0.5, 0.6) is 0 Å². The maximum absolute atomic E-state index is 11.7. The van der Waals surface area contributed by atoms with Gasteiger partial charge in [0.2, 0.25) is 5.91 Å². The molecule has 0 fully saturated rings. The van der Waals surface area contributed by atoms with Gasteiger partial charge in [0.05, 0.1) is 24.3 Å². The van der Waals surface area contributed by atoms with Gasteiger partial charge in [-0.05, 0) is 13.3 Å². The van der Waals surface area contributed by atoms with E-state index in [2.05, 4.69) is 10.3 Å². The maximum Gasteiger partial charge on any atom is 0.226 e. The summed E-state index contributed by atoms with van der Waals surface area (Å²) in [6.07, 6.45) is 0.873. The van der Waals surface area contributed by atoms with Crippen molar-refractivity contribution in [3.63, 3.8) is 0 Å². The van der Waals surface area contributed by atoms with Crippen LogP contribution < -0.4 is 11.1 Å². The van der Waals surface area contributed by atoms with Crippen LogP contribution in [0.2, 0.25) is 0 Å². The smallest absolute Gasteiger partial charge is 0.226 e. The predicted octanol–water partition coefficient (Wildman–Crippen LogP) is 0.545. The first kappa shape index (κ1) is 12.9. The fourth-order valence-corrected chi connectivity index (χ4v) is 1.75. The SMILES string of the molecule is CCC(C)(CO)NC(=O)Cc1csc(N)n1. The Morgan fingerprint density at radius 3 is 2.88 bits per heavy atom. The number of carbonyl (C=O) groups excluding carboxylic acids is 1. The highest BCUT2D eigenvalue weighted by Gasteiger charge is 2.23. The number of nitrogens with one attached hydrogen (secondary N) is 1. The van der Waals surface area contributed by atoms with Crippen LogP contribution in [0.15, 0.2) is 5.38 Å². The van der Waals surface area contributed by atoms with Gasteiger partial charge in [-0.15, -0.1) is 11.3 Å². The van der Waals surface area contributed by atoms with Gasteiger partial charge >= 0.3 is 0 Å². The monoisotopic (exact) mass is 243 g/mol. The number of aromatic nitrogens is 1. The minimum Gasteiger partial charge on any atom is -0.394 e. The van der Waals surface area contributed by atoms with E-state index in [1.807, 2.05) is 6.92 Å². The third-order valence-electron chi connectivity index (χ3n) is 2.48. The molecule has 0 saturated heterocycles. The number of hydrogen-bond donors (Lipinski definition) is 3. The molecule has 0 aliphatic rings. The summed E-state index contributed by atoms with van der Waals surface area (Å²) in [6, 6.07) is 0. The summed E-state index contributed by atoms with van der Waals surface area (Å²) in [7, 11) is 0. The lowest BCUT2D eigenvalue weighted by Crippen LogP contribution is -2.48. The van der Waals surface area contributed by atoms with E-state index >= 15 is 0 Å². The molecule has 1 aromatic rings. The quantitative estimate of drug-likeness (QED) is 0.704. The standard InChI is InChI=1S/C10H17N3O2S/c1-3-10(2,6-14)13-8(15)4-7-5-16-9(11)12-7/h5,14H,3-4,6H2,1-2H3,(H2,11,12)(H,13,15). The lowest BCUT2D eigenvalue weighted by atomic mass is 10.00. The highest BCUT2D eigenvalue weighted by atomic mass is 32.1. The Hall–Kier alpha value is -1.14. The number of aliphatic hydroxyl groups excluding tert-OH is 1. The largest absolute Gasteiger partial charge is 0.394 e. The predicted molar refractivity (Wildman–Crippen MR) is 64.2 cm³/mol. The van der Waals surface area contributed by atoms with Gasteiger partial charge in [-0.1, -0.05) is 6.92 Å². The molecule has 1 atom stereocenters. The fraction of sp³-hybridized carbons (Fsp3) is 0.600. The topological polar surface area (TPSA) is 88.2 Å². The summed E-state index contributed by atoms with van der Waals surface area (Å²) in [6.45, 7) is 3.64. The van der Waals surface area contributed by atoms with Crippen molar-refractivity contribution in [3.8, 4) is 0 Å². The molecule has 0 bridgehead atoms. The summed E-state index contributed by atoms with van der Waals surface area (Å²) in [5.74, 6) is -0.149. The maximum atomic E-state index is 11.7. The third-order valence-corrected chi connectivity index (χ3v) is 3.20. The van der Waals surface area contributed by atoms with Crippen LogP contribution in [-0.2, 0) is 11.2 Å². The average Bonchev–Trinajstić information content (AvgIpc) is 2.63. The number of aliphatic hydroxyl groups is 1. The van der Waals surface area contributed by atoms with E-state index in [1.165, 1.54) is 11.3 Å². The van der Waals surface area contributed by atoms with E-state index < -0.39 is 5.54 Å². The van der Waals surface area contributed by atoms with Gasteiger partial charge in [0.25, 0.3) is 0 Å². The van der Waals surface area contributed by atoms with Gasteiger partial charge in [0, 0.05) is 5.38 Å². The first-order chi connectivity index (χ1) is 7.49. The van der Waals surface area contributed by atoms with E-state index in [1.54, 1.807) is 12.3 Å². The van der Waals surface area contributed by atoms with Crippen molar-refractivity contribution in [2.24, 2.45) is 0 Å². The number of amides is 1. The minimum absolute atomic E-state index is 0.0750. The molecule has 90 valence electrons. The van der Waals surface area contributed by atoms with Crippen molar-refractivity contribution in [1.29, 1.82) is 0 Å². The Bertz CT molecular complexity index is 361. The van der Waals surface area contributed by atoms with Crippen LogP contribution in [-0.4, -0.2) is 28.1 Å². The lowest BCUT2D eigenvalue weighted by Gasteiger charge is -2.26. The van der Waals surface area contributed by atoms with Gasteiger partial charge in [-0.2, -0.15) is 0 Å². The zero-order valence-electron chi connectivity index (χ0n) is 9.49. The number of nitrogens with two attached hydrogens (primary N) is 1. The van der Waals surface area contributed by atoms with Crippen LogP contribution >= 0.6 is 11.3 Å². The summed E-state index contributed by atoms with van der Waals surface area (Å²) in [5, 5.41) is 14.2. The highest BCUT2D eigenvalue weighted by molar-refractivity contribution is 7.13. The summed E-state index contributed by atoms with van der Waals surface area (Å²) < 4.78 is 0. The molecular formula is C10H17N3O2S. The van der Waals surface area contributed by atoms with Gasteiger partial charge in [-0.3, -0.25) is 4.79 Å². The van der Waals surface area contributed by atoms with E-state index in [-0.39, 0.29) is 18.9 Å². The molecule has 1 amide bonds. The Balaban J connectivity index is 2.53. The average molecular weight is 243 g/mol. The first-order valence-corrected chi connectivity index (χ1v) is 5.99. The van der Waals surface area contributed by atoms with Crippen molar-refractivity contribution in [1.82, 2.24) is 10.3 Å². The molecular weight excluding hydrogens is 226 g/mol. The lowest BCUT2D eigenvalue weighted by molar-refractivity contribution is -0.122. The van der Waals surface area contributed by atoms with Gasteiger partial charge in [0.1, 0.15) is 0 Å². The van der Waals surface area contributed by atoms with Crippen molar-refractivity contribution < 1.29 is 9.90 Å². The number of thiazole rings is 1. The molecule has 0 aromatic carbocycles. The summed E-state index contributed by atoms with van der Waals surface area (Å²) >= 11 is 1.31. The third kappa shape index (κ3) is 3.46. The molecule has 0 spiro atoms. The van der Waals surface area contributed by atoms with E-state index in [0.29, 0.717) is 17.2 Å². The normalized spacial score (nSPS) is 14.4. The van der Waals surface area contributed by atoms with E-state index in [0.717, 1.165) is 0 Å². The molecule has 16 heavy (non-hydrogen) atoms. The molecule has 1 unspecified atom stereocenters. The Morgan fingerprint density at radius 1 is 1.75 bits per heavy atom. The van der Waals surface area contributed by atoms with Crippen molar-refractivity contribution >= 4 is 22.4 Å². The molecule has 0 aliphatic heterocycles. The number of nitrogens with zero attached hydrogens (tertiary/aromatic N) is 1. The number of anilines is 1. The molecule has 0 radical (unpaired) electrons. The van der Waals surface area contributed by atoms with Crippen molar-refractivity contribution in [3.05, 3.63) is 11.1 Å². The molecule has 1 heterocycles. The molecule has 0 aliphatic carbocycles. The number of nitrogen functional groups attached to an aromatic ring is 1. The van der Waals surface area contributed by atoms with E-state index in [9.17, 15) is 4.79 Å². The summed E-state index contributed by atoms with van der Waals surface area (Å²) in [5.41, 5.74) is 5.58. The molecule has 0 saturated carbocycles. The molecule has 1 rings (SSSR count). The van der Waals surface area contributed by atoms with Gasteiger partial charge in [-0.25, -0.2) is 4.98 Å². The first-order valence-electron chi connectivity index (χ1n) is 5.11. The zero-order chi connectivity index (χ0) is 12.2. The van der Waals surface area contributed by atoms with Crippen LogP contribution in [0, 0.1) is 0 Å². The van der Waals surface area contributed by atoms with E-state index in [4.69, 9.17) is 10.8 Å². The molecule has 1 aromatic heterocycles. The van der Waals surface area contributed by atoms with Crippen LogP contribution in [0.1, 0.15) is 26.0 Å².